The molecule has 4 rings (SSSR count). The second kappa shape index (κ2) is 8.79. The number of carbonyl (C=O) groups is 1. The molecule has 8 nitrogen and oxygen atoms in total. The standard InChI is InChI=1S/C22H22N6O2/c1-15(29)13-28-14-25-27-21(28)17-4-2-6-19(10-17)26-22(30)20-11-16(7-9-24-20)18-5-3-8-23-12-18/h2-11,14-15,18,29H,12-13H2,1H3,(H,26,30). The number of hydrogen-bond acceptors (Lipinski definition) is 6. The highest BCUT2D eigenvalue weighted by Gasteiger charge is 2.15. The SMILES string of the molecule is CC(O)Cn1cnnc1-c1cccc(NC(=O)c2cc(C3C=CC=NC3)ccn2)c1. The number of nitrogens with zero attached hydrogens (tertiary/aromatic N) is 5. The lowest BCUT2D eigenvalue weighted by molar-refractivity contribution is 0.102. The number of allylic oxidation sites excluding steroid dienone is 1. The summed E-state index contributed by atoms with van der Waals surface area (Å²) in [5.74, 6) is 0.479. The van der Waals surface area contributed by atoms with Gasteiger partial charge in [-0.25, -0.2) is 0 Å². The smallest absolute Gasteiger partial charge is 0.274 e. The fourth-order valence-electron chi connectivity index (χ4n) is 3.33. The van der Waals surface area contributed by atoms with Crippen molar-refractivity contribution in [3.8, 4) is 11.4 Å². The summed E-state index contributed by atoms with van der Waals surface area (Å²) in [6, 6.07) is 11.0. The summed E-state index contributed by atoms with van der Waals surface area (Å²) < 4.78 is 1.77. The van der Waals surface area contributed by atoms with Gasteiger partial charge in [0.2, 0.25) is 0 Å². The molecule has 0 bridgehead atoms. The molecule has 1 aliphatic heterocycles. The Bertz CT molecular complexity index is 1100. The van der Waals surface area contributed by atoms with Crippen LogP contribution < -0.4 is 5.32 Å². The monoisotopic (exact) mass is 402 g/mol. The van der Waals surface area contributed by atoms with Gasteiger partial charge in [0.25, 0.3) is 5.91 Å². The predicted molar refractivity (Wildman–Crippen MR) is 115 cm³/mol. The number of anilines is 1. The van der Waals surface area contributed by atoms with E-state index in [1.807, 2.05) is 30.3 Å². The summed E-state index contributed by atoms with van der Waals surface area (Å²) in [5, 5.41) is 20.6. The first-order valence-electron chi connectivity index (χ1n) is 9.70. The van der Waals surface area contributed by atoms with Crippen LogP contribution in [0, 0.1) is 0 Å². The quantitative estimate of drug-likeness (QED) is 0.660. The van der Waals surface area contributed by atoms with Crippen molar-refractivity contribution in [2.75, 3.05) is 11.9 Å². The number of aliphatic hydroxyl groups is 1. The molecule has 30 heavy (non-hydrogen) atoms. The molecule has 1 amide bonds. The molecule has 0 radical (unpaired) electrons. The van der Waals surface area contributed by atoms with Crippen LogP contribution in [0.5, 0.6) is 0 Å². The summed E-state index contributed by atoms with van der Waals surface area (Å²) in [6.07, 6.45) is 8.45. The molecule has 0 aliphatic carbocycles. The lowest BCUT2D eigenvalue weighted by Crippen LogP contribution is -2.15. The van der Waals surface area contributed by atoms with E-state index < -0.39 is 6.10 Å². The van der Waals surface area contributed by atoms with Crippen molar-refractivity contribution < 1.29 is 9.90 Å². The molecule has 0 spiro atoms. The minimum Gasteiger partial charge on any atom is -0.392 e. The van der Waals surface area contributed by atoms with Crippen molar-refractivity contribution in [2.24, 2.45) is 4.99 Å². The molecular formula is C22H22N6O2. The molecule has 2 aromatic heterocycles. The Morgan fingerprint density at radius 1 is 1.33 bits per heavy atom. The average molecular weight is 402 g/mol. The van der Waals surface area contributed by atoms with Crippen molar-refractivity contribution in [1.29, 1.82) is 0 Å². The summed E-state index contributed by atoms with van der Waals surface area (Å²) >= 11 is 0. The molecule has 152 valence electrons. The van der Waals surface area contributed by atoms with E-state index in [9.17, 15) is 9.90 Å². The molecule has 1 aliphatic rings. The minimum absolute atomic E-state index is 0.146. The van der Waals surface area contributed by atoms with Crippen LogP contribution in [0.2, 0.25) is 0 Å². The zero-order chi connectivity index (χ0) is 20.9. The fourth-order valence-corrected chi connectivity index (χ4v) is 3.33. The van der Waals surface area contributed by atoms with E-state index in [0.717, 1.165) is 11.1 Å². The van der Waals surface area contributed by atoms with Gasteiger partial charge in [0.15, 0.2) is 5.82 Å². The number of amides is 1. The average Bonchev–Trinajstić information content (AvgIpc) is 3.22. The Morgan fingerprint density at radius 2 is 2.23 bits per heavy atom. The number of nitrogens with one attached hydrogen (secondary N) is 1. The maximum Gasteiger partial charge on any atom is 0.274 e. The predicted octanol–water partition coefficient (Wildman–Crippen LogP) is 2.70. The van der Waals surface area contributed by atoms with Crippen molar-refractivity contribution in [3.05, 3.63) is 72.3 Å². The van der Waals surface area contributed by atoms with Crippen LogP contribution in [0.1, 0.15) is 28.9 Å². The molecule has 2 atom stereocenters. The van der Waals surface area contributed by atoms with Gasteiger partial charge < -0.3 is 15.0 Å². The maximum absolute atomic E-state index is 12.8. The second-order valence-corrected chi connectivity index (χ2v) is 7.17. The number of pyridine rings is 1. The Hall–Kier alpha value is -3.65. The zero-order valence-electron chi connectivity index (χ0n) is 16.5. The van der Waals surface area contributed by atoms with Crippen LogP contribution in [0.3, 0.4) is 0 Å². The van der Waals surface area contributed by atoms with E-state index in [2.05, 4.69) is 31.6 Å². The van der Waals surface area contributed by atoms with Gasteiger partial charge in [-0.2, -0.15) is 0 Å². The third-order valence-electron chi connectivity index (χ3n) is 4.74. The molecule has 2 unspecified atom stereocenters. The number of dihydropyridines is 1. The third-order valence-corrected chi connectivity index (χ3v) is 4.74. The van der Waals surface area contributed by atoms with Gasteiger partial charge >= 0.3 is 0 Å². The van der Waals surface area contributed by atoms with Crippen LogP contribution in [0.4, 0.5) is 5.69 Å². The first-order chi connectivity index (χ1) is 14.6. The second-order valence-electron chi connectivity index (χ2n) is 7.17. The van der Waals surface area contributed by atoms with Crippen LogP contribution in [0.25, 0.3) is 11.4 Å². The van der Waals surface area contributed by atoms with Crippen molar-refractivity contribution in [1.82, 2.24) is 19.7 Å². The molecule has 0 fully saturated rings. The summed E-state index contributed by atoms with van der Waals surface area (Å²) in [5.41, 5.74) is 2.76. The topological polar surface area (TPSA) is 105 Å². The fraction of sp³-hybridized carbons (Fsp3) is 0.227. The van der Waals surface area contributed by atoms with E-state index in [-0.39, 0.29) is 11.8 Å². The highest BCUT2D eigenvalue weighted by Crippen LogP contribution is 2.23. The van der Waals surface area contributed by atoms with Crippen LogP contribution in [0.15, 0.2) is 66.1 Å². The molecule has 2 N–H and O–H groups in total. The van der Waals surface area contributed by atoms with Crippen molar-refractivity contribution in [3.63, 3.8) is 0 Å². The minimum atomic E-state index is -0.523. The molecule has 0 saturated heterocycles. The third kappa shape index (κ3) is 4.49. The van der Waals surface area contributed by atoms with Crippen molar-refractivity contribution >= 4 is 17.8 Å². The molecular weight excluding hydrogens is 380 g/mol. The van der Waals surface area contributed by atoms with Gasteiger partial charge in [0.05, 0.1) is 12.6 Å². The van der Waals surface area contributed by atoms with E-state index in [4.69, 9.17) is 0 Å². The van der Waals surface area contributed by atoms with Gasteiger partial charge in [-0.05, 0) is 42.8 Å². The van der Waals surface area contributed by atoms with Gasteiger partial charge in [0, 0.05) is 36.1 Å². The number of rotatable bonds is 6. The van der Waals surface area contributed by atoms with E-state index >= 15 is 0 Å². The van der Waals surface area contributed by atoms with Crippen molar-refractivity contribution in [2.45, 2.75) is 25.5 Å². The van der Waals surface area contributed by atoms with E-state index in [1.165, 1.54) is 0 Å². The molecule has 3 aromatic rings. The lowest BCUT2D eigenvalue weighted by atomic mass is 9.98. The number of hydrogen-bond donors (Lipinski definition) is 2. The van der Waals surface area contributed by atoms with Gasteiger partial charge in [-0.15, -0.1) is 10.2 Å². The summed E-state index contributed by atoms with van der Waals surface area (Å²) in [7, 11) is 0. The number of aliphatic hydroxyl groups excluding tert-OH is 1. The van der Waals surface area contributed by atoms with Crippen LogP contribution in [-0.4, -0.2) is 49.6 Å². The van der Waals surface area contributed by atoms with E-state index in [1.54, 1.807) is 42.4 Å². The first kappa shape index (κ1) is 19.7. The zero-order valence-corrected chi connectivity index (χ0v) is 16.5. The molecule has 3 heterocycles. The van der Waals surface area contributed by atoms with Crippen LogP contribution >= 0.6 is 0 Å². The van der Waals surface area contributed by atoms with E-state index in [0.29, 0.717) is 30.3 Å². The Morgan fingerprint density at radius 3 is 3.03 bits per heavy atom. The van der Waals surface area contributed by atoms with Gasteiger partial charge in [-0.1, -0.05) is 18.2 Å². The number of aromatic nitrogens is 4. The molecule has 8 heteroatoms. The maximum atomic E-state index is 12.8. The Kier molecular flexibility index (Phi) is 5.76. The number of benzene rings is 1. The lowest BCUT2D eigenvalue weighted by Gasteiger charge is -2.14. The number of aliphatic imine (C=N–C) groups is 1. The highest BCUT2D eigenvalue weighted by molar-refractivity contribution is 6.03. The first-order valence-corrected chi connectivity index (χ1v) is 9.70. The molecule has 0 saturated carbocycles. The Labute approximate surface area is 174 Å². The number of carbonyl (C=O) groups excluding carboxylic acids is 1. The normalized spacial score (nSPS) is 16.4. The summed E-state index contributed by atoms with van der Waals surface area (Å²) in [6.45, 7) is 2.75. The Balaban J connectivity index is 1.52. The van der Waals surface area contributed by atoms with Crippen LogP contribution in [-0.2, 0) is 6.54 Å². The largest absolute Gasteiger partial charge is 0.392 e. The summed E-state index contributed by atoms with van der Waals surface area (Å²) in [4.78, 5) is 21.3. The van der Waals surface area contributed by atoms with Gasteiger partial charge in [0.1, 0.15) is 12.0 Å². The highest BCUT2D eigenvalue weighted by atomic mass is 16.3. The van der Waals surface area contributed by atoms with Gasteiger partial charge in [-0.3, -0.25) is 14.8 Å². The molecule has 1 aromatic carbocycles.